The van der Waals surface area contributed by atoms with E-state index in [0.29, 0.717) is 19.1 Å². The molecule has 1 fully saturated rings. The minimum atomic E-state index is 0. The lowest BCUT2D eigenvalue weighted by Crippen LogP contribution is -2.42. The van der Waals surface area contributed by atoms with Gasteiger partial charge in [0.1, 0.15) is 0 Å². The van der Waals surface area contributed by atoms with Gasteiger partial charge in [0.15, 0.2) is 5.96 Å². The van der Waals surface area contributed by atoms with Crippen LogP contribution in [0.15, 0.2) is 29.3 Å². The number of aliphatic imine (C=N–C) groups is 1. The Morgan fingerprint density at radius 3 is 2.64 bits per heavy atom. The molecule has 0 amide bonds. The van der Waals surface area contributed by atoms with Crippen molar-refractivity contribution in [1.82, 2.24) is 4.90 Å². The molecule has 1 heterocycles. The van der Waals surface area contributed by atoms with Gasteiger partial charge in [-0.2, -0.15) is 11.8 Å². The SMILES string of the molecule is CCCOCc1ccccc1CN=C(N)N1CCSCC1.I. The van der Waals surface area contributed by atoms with Gasteiger partial charge in [0.05, 0.1) is 13.2 Å². The predicted molar refractivity (Wildman–Crippen MR) is 106 cm³/mol. The van der Waals surface area contributed by atoms with Crippen LogP contribution in [0.4, 0.5) is 0 Å². The van der Waals surface area contributed by atoms with Crippen LogP contribution in [-0.2, 0) is 17.9 Å². The van der Waals surface area contributed by atoms with Crippen LogP contribution in [-0.4, -0.2) is 42.1 Å². The number of thioether (sulfide) groups is 1. The minimum absolute atomic E-state index is 0. The zero-order valence-corrected chi connectivity index (χ0v) is 16.3. The summed E-state index contributed by atoms with van der Waals surface area (Å²) in [5.74, 6) is 2.94. The Morgan fingerprint density at radius 2 is 1.95 bits per heavy atom. The molecule has 0 saturated carbocycles. The van der Waals surface area contributed by atoms with Crippen molar-refractivity contribution in [3.8, 4) is 0 Å². The zero-order chi connectivity index (χ0) is 14.9. The molecule has 1 saturated heterocycles. The molecule has 6 heteroatoms. The number of halogens is 1. The predicted octanol–water partition coefficient (Wildman–Crippen LogP) is 3.09. The fourth-order valence-corrected chi connectivity index (χ4v) is 3.14. The maximum absolute atomic E-state index is 6.10. The summed E-state index contributed by atoms with van der Waals surface area (Å²) < 4.78 is 5.64. The van der Waals surface area contributed by atoms with Gasteiger partial charge < -0.3 is 15.4 Å². The molecule has 1 aromatic rings. The largest absolute Gasteiger partial charge is 0.377 e. The molecule has 124 valence electrons. The Morgan fingerprint density at radius 1 is 1.27 bits per heavy atom. The number of hydrogen-bond donors (Lipinski definition) is 1. The number of guanidine groups is 1. The van der Waals surface area contributed by atoms with Crippen molar-refractivity contribution in [3.63, 3.8) is 0 Å². The molecule has 22 heavy (non-hydrogen) atoms. The molecule has 0 atom stereocenters. The van der Waals surface area contributed by atoms with Gasteiger partial charge in [0.2, 0.25) is 0 Å². The highest BCUT2D eigenvalue weighted by Gasteiger charge is 2.12. The molecule has 0 unspecified atom stereocenters. The number of rotatable bonds is 6. The fourth-order valence-electron chi connectivity index (χ4n) is 2.24. The standard InChI is InChI=1S/C16H25N3OS.HI/c1-2-9-20-13-15-6-4-3-5-14(15)12-18-16(17)19-7-10-21-11-8-19;/h3-6H,2,7-13H2,1H3,(H2,17,18);1H. The molecule has 0 bridgehead atoms. The van der Waals surface area contributed by atoms with Crippen molar-refractivity contribution in [2.24, 2.45) is 10.7 Å². The van der Waals surface area contributed by atoms with Gasteiger partial charge in [0.25, 0.3) is 0 Å². The van der Waals surface area contributed by atoms with E-state index in [1.165, 1.54) is 11.1 Å². The van der Waals surface area contributed by atoms with Crippen LogP contribution >= 0.6 is 35.7 Å². The first-order chi connectivity index (χ1) is 10.3. The lowest BCUT2D eigenvalue weighted by molar-refractivity contribution is 0.121. The number of nitrogens with zero attached hydrogens (tertiary/aromatic N) is 2. The maximum atomic E-state index is 6.10. The van der Waals surface area contributed by atoms with Crippen LogP contribution in [0.1, 0.15) is 24.5 Å². The topological polar surface area (TPSA) is 50.9 Å². The summed E-state index contributed by atoms with van der Waals surface area (Å²) in [5, 5.41) is 0. The molecule has 2 rings (SSSR count). The highest BCUT2D eigenvalue weighted by atomic mass is 127. The van der Waals surface area contributed by atoms with E-state index in [0.717, 1.165) is 37.6 Å². The van der Waals surface area contributed by atoms with E-state index in [-0.39, 0.29) is 24.0 Å². The maximum Gasteiger partial charge on any atom is 0.191 e. The number of benzene rings is 1. The first kappa shape index (κ1) is 19.6. The van der Waals surface area contributed by atoms with E-state index in [2.05, 4.69) is 28.9 Å². The van der Waals surface area contributed by atoms with Crippen LogP contribution in [0.2, 0.25) is 0 Å². The first-order valence-corrected chi connectivity index (χ1v) is 8.74. The molecule has 1 aliphatic heterocycles. The third kappa shape index (κ3) is 6.34. The molecule has 2 N–H and O–H groups in total. The van der Waals surface area contributed by atoms with Crippen LogP contribution in [0.25, 0.3) is 0 Å². The van der Waals surface area contributed by atoms with E-state index in [4.69, 9.17) is 10.5 Å². The summed E-state index contributed by atoms with van der Waals surface area (Å²) >= 11 is 1.98. The van der Waals surface area contributed by atoms with E-state index in [9.17, 15) is 0 Å². The summed E-state index contributed by atoms with van der Waals surface area (Å²) in [6, 6.07) is 8.30. The van der Waals surface area contributed by atoms with Crippen molar-refractivity contribution in [2.75, 3.05) is 31.2 Å². The molecular weight excluding hydrogens is 409 g/mol. The van der Waals surface area contributed by atoms with E-state index < -0.39 is 0 Å². The normalized spacial score (nSPS) is 15.5. The summed E-state index contributed by atoms with van der Waals surface area (Å²) in [6.45, 7) is 6.20. The Labute approximate surface area is 154 Å². The quantitative estimate of drug-likeness (QED) is 0.323. The second-order valence-corrected chi connectivity index (χ2v) is 6.32. The molecule has 4 nitrogen and oxygen atoms in total. The van der Waals surface area contributed by atoms with Crippen LogP contribution in [0.5, 0.6) is 0 Å². The average molecular weight is 435 g/mol. The van der Waals surface area contributed by atoms with Crippen LogP contribution < -0.4 is 5.73 Å². The van der Waals surface area contributed by atoms with Gasteiger partial charge in [0, 0.05) is 31.2 Å². The first-order valence-electron chi connectivity index (χ1n) is 7.58. The summed E-state index contributed by atoms with van der Waals surface area (Å²) in [6.07, 6.45) is 1.04. The number of hydrogen-bond acceptors (Lipinski definition) is 3. The smallest absolute Gasteiger partial charge is 0.191 e. The van der Waals surface area contributed by atoms with Crippen molar-refractivity contribution < 1.29 is 4.74 Å². The van der Waals surface area contributed by atoms with E-state index >= 15 is 0 Å². The monoisotopic (exact) mass is 435 g/mol. The van der Waals surface area contributed by atoms with E-state index in [1.54, 1.807) is 0 Å². The Bertz CT molecular complexity index is 464. The van der Waals surface area contributed by atoms with Crippen molar-refractivity contribution >= 4 is 41.7 Å². The van der Waals surface area contributed by atoms with Crippen molar-refractivity contribution in [1.29, 1.82) is 0 Å². The van der Waals surface area contributed by atoms with Crippen LogP contribution in [0, 0.1) is 0 Å². The fraction of sp³-hybridized carbons (Fsp3) is 0.562. The molecule has 0 spiro atoms. The third-order valence-electron chi connectivity index (χ3n) is 3.47. The van der Waals surface area contributed by atoms with Gasteiger partial charge in [-0.25, -0.2) is 4.99 Å². The number of ether oxygens (including phenoxy) is 1. The summed E-state index contributed by atoms with van der Waals surface area (Å²) in [5.41, 5.74) is 8.51. The van der Waals surface area contributed by atoms with Gasteiger partial charge >= 0.3 is 0 Å². The van der Waals surface area contributed by atoms with Crippen molar-refractivity contribution in [2.45, 2.75) is 26.5 Å². The highest BCUT2D eigenvalue weighted by Crippen LogP contribution is 2.13. The Balaban J connectivity index is 0.00000242. The van der Waals surface area contributed by atoms with Gasteiger partial charge in [-0.05, 0) is 17.5 Å². The summed E-state index contributed by atoms with van der Waals surface area (Å²) in [4.78, 5) is 6.74. The molecule has 1 aliphatic rings. The Kier molecular flexibility index (Phi) is 9.90. The minimum Gasteiger partial charge on any atom is -0.377 e. The molecule has 1 aromatic carbocycles. The molecule has 0 aromatic heterocycles. The highest BCUT2D eigenvalue weighted by molar-refractivity contribution is 14.0. The van der Waals surface area contributed by atoms with E-state index in [1.807, 2.05) is 23.9 Å². The molecule has 0 aliphatic carbocycles. The van der Waals surface area contributed by atoms with Crippen molar-refractivity contribution in [3.05, 3.63) is 35.4 Å². The van der Waals surface area contributed by atoms with Gasteiger partial charge in [-0.15, -0.1) is 24.0 Å². The lowest BCUT2D eigenvalue weighted by atomic mass is 10.1. The summed E-state index contributed by atoms with van der Waals surface area (Å²) in [7, 11) is 0. The molecule has 0 radical (unpaired) electrons. The average Bonchev–Trinajstić information content (AvgIpc) is 2.54. The van der Waals surface area contributed by atoms with Crippen LogP contribution in [0.3, 0.4) is 0 Å². The lowest BCUT2D eigenvalue weighted by Gasteiger charge is -2.27. The Hall–Kier alpha value is -0.470. The molecular formula is C16H26IN3OS. The second kappa shape index (κ2) is 11.1. The second-order valence-electron chi connectivity index (χ2n) is 5.10. The third-order valence-corrected chi connectivity index (χ3v) is 4.41. The van der Waals surface area contributed by atoms with Gasteiger partial charge in [-0.1, -0.05) is 31.2 Å². The zero-order valence-electron chi connectivity index (χ0n) is 13.2. The number of nitrogens with two attached hydrogens (primary N) is 1. The van der Waals surface area contributed by atoms with Gasteiger partial charge in [-0.3, -0.25) is 0 Å².